The monoisotopic (exact) mass is 290 g/mol. The second-order valence-corrected chi connectivity index (χ2v) is 2.93. The number of carboxylic acids is 3. The summed E-state index contributed by atoms with van der Waals surface area (Å²) in [5, 5.41) is 47.3. The number of hydrogen-bond acceptors (Lipinski definition) is 6. The maximum absolute atomic E-state index is 10.3. The molecule has 0 amide bonds. The van der Waals surface area contributed by atoms with Gasteiger partial charge >= 0.3 is 17.9 Å². The Kier molecular flexibility index (Phi) is 11.3. The maximum atomic E-state index is 10.3. The molecule has 0 unspecified atom stereocenters. The average Bonchev–Trinajstić information content (AvgIpc) is 2.40. The number of carboxylic acid groups (broad SMARTS) is 3. The third kappa shape index (κ3) is 11.8. The van der Waals surface area contributed by atoms with Crippen LogP contribution in [0.1, 0.15) is 10.4 Å². The molecule has 0 radical (unpaired) electrons. The van der Waals surface area contributed by atoms with Gasteiger partial charge in [-0.25, -0.2) is 14.4 Å². The molecule has 0 aliphatic carbocycles. The summed E-state index contributed by atoms with van der Waals surface area (Å²) >= 11 is 0. The molecule has 0 saturated carbocycles. The third-order valence-corrected chi connectivity index (χ3v) is 1.40. The fourth-order valence-electron chi connectivity index (χ4n) is 0.654. The van der Waals surface area contributed by atoms with Gasteiger partial charge in [0.2, 0.25) is 0 Å². The number of hydrogen-bond donors (Lipinski definition) is 6. The standard InChI is InChI=1S/C7H6O3.2C2H4O3/c8-6-4-2-1-3-5(6)7(9)10;2*3-1-2(4)5/h1-4,8H,(H,9,10);2*3H,1H2,(H,4,5). The van der Waals surface area contributed by atoms with Crippen LogP contribution in [-0.2, 0) is 9.59 Å². The molecule has 0 atom stereocenters. The van der Waals surface area contributed by atoms with Gasteiger partial charge in [-0.15, -0.1) is 0 Å². The van der Waals surface area contributed by atoms with E-state index in [4.69, 9.17) is 40.2 Å². The lowest BCUT2D eigenvalue weighted by Crippen LogP contribution is -1.98. The summed E-state index contributed by atoms with van der Waals surface area (Å²) in [6, 6.07) is 5.81. The van der Waals surface area contributed by atoms with E-state index in [1.54, 1.807) is 12.1 Å². The van der Waals surface area contributed by atoms with Crippen molar-refractivity contribution < 1.29 is 45.0 Å². The number of para-hydroxylation sites is 1. The van der Waals surface area contributed by atoms with E-state index in [9.17, 15) is 4.79 Å². The number of benzene rings is 1. The SMILES string of the molecule is O=C(O)CO.O=C(O)CO.O=C(O)c1ccccc1O. The predicted molar refractivity (Wildman–Crippen MR) is 64.5 cm³/mol. The Labute approximate surface area is 113 Å². The molecule has 9 nitrogen and oxygen atoms in total. The Morgan fingerprint density at radius 3 is 1.40 bits per heavy atom. The molecule has 0 bridgehead atoms. The summed E-state index contributed by atoms with van der Waals surface area (Å²) in [4.78, 5) is 28.5. The van der Waals surface area contributed by atoms with Crippen molar-refractivity contribution in [3.8, 4) is 5.75 Å². The van der Waals surface area contributed by atoms with Gasteiger partial charge in [0.25, 0.3) is 0 Å². The van der Waals surface area contributed by atoms with Crippen molar-refractivity contribution in [3.05, 3.63) is 29.8 Å². The van der Waals surface area contributed by atoms with Gasteiger partial charge < -0.3 is 30.6 Å². The van der Waals surface area contributed by atoms with E-state index in [1.807, 2.05) is 0 Å². The van der Waals surface area contributed by atoms with E-state index in [2.05, 4.69) is 0 Å². The van der Waals surface area contributed by atoms with E-state index in [0.29, 0.717) is 0 Å². The highest BCUT2D eigenvalue weighted by molar-refractivity contribution is 5.90. The molecule has 9 heteroatoms. The second kappa shape index (κ2) is 11.4. The van der Waals surface area contributed by atoms with Gasteiger partial charge in [-0.1, -0.05) is 12.1 Å². The fourth-order valence-corrected chi connectivity index (χ4v) is 0.654. The van der Waals surface area contributed by atoms with Gasteiger partial charge in [0, 0.05) is 0 Å². The first-order valence-electron chi connectivity index (χ1n) is 4.92. The van der Waals surface area contributed by atoms with Crippen LogP contribution in [0.3, 0.4) is 0 Å². The fraction of sp³-hybridized carbons (Fsp3) is 0.182. The molecule has 0 saturated heterocycles. The first-order chi connectivity index (χ1) is 9.26. The van der Waals surface area contributed by atoms with Crippen LogP contribution in [0.25, 0.3) is 0 Å². The third-order valence-electron chi connectivity index (χ3n) is 1.40. The molecule has 0 spiro atoms. The van der Waals surface area contributed by atoms with Crippen LogP contribution in [0.5, 0.6) is 5.75 Å². The van der Waals surface area contributed by atoms with Crippen LogP contribution in [0.4, 0.5) is 0 Å². The van der Waals surface area contributed by atoms with Crippen LogP contribution in [0.2, 0.25) is 0 Å². The molecule has 0 fully saturated rings. The average molecular weight is 290 g/mol. The number of phenols is 1. The normalized spacial score (nSPS) is 8.30. The predicted octanol–water partition coefficient (Wildman–Crippen LogP) is -0.783. The van der Waals surface area contributed by atoms with Gasteiger partial charge in [0.1, 0.15) is 24.5 Å². The summed E-state index contributed by atoms with van der Waals surface area (Å²) in [7, 11) is 0. The zero-order valence-electron chi connectivity index (χ0n) is 10.1. The Morgan fingerprint density at radius 1 is 0.850 bits per heavy atom. The van der Waals surface area contributed by atoms with Crippen LogP contribution in [0.15, 0.2) is 24.3 Å². The summed E-state index contributed by atoms with van der Waals surface area (Å²) < 4.78 is 0. The van der Waals surface area contributed by atoms with Crippen molar-refractivity contribution in [2.24, 2.45) is 0 Å². The highest BCUT2D eigenvalue weighted by atomic mass is 16.4. The van der Waals surface area contributed by atoms with Crippen molar-refractivity contribution in [2.45, 2.75) is 0 Å². The molecule has 0 aliphatic rings. The van der Waals surface area contributed by atoms with Crippen LogP contribution in [0, 0.1) is 0 Å². The van der Waals surface area contributed by atoms with Gasteiger partial charge in [-0.05, 0) is 12.1 Å². The highest BCUT2D eigenvalue weighted by Crippen LogP contribution is 2.14. The molecule has 0 heterocycles. The lowest BCUT2D eigenvalue weighted by molar-refractivity contribution is -0.141. The number of aliphatic carboxylic acids is 2. The van der Waals surface area contributed by atoms with Crippen molar-refractivity contribution in [1.29, 1.82) is 0 Å². The Hall–Kier alpha value is -2.65. The minimum Gasteiger partial charge on any atom is -0.507 e. The van der Waals surface area contributed by atoms with Gasteiger partial charge in [-0.3, -0.25) is 0 Å². The molecule has 1 rings (SSSR count). The topological polar surface area (TPSA) is 173 Å². The van der Waals surface area contributed by atoms with Gasteiger partial charge in [-0.2, -0.15) is 0 Å². The molecule has 1 aromatic rings. The highest BCUT2D eigenvalue weighted by Gasteiger charge is 2.05. The molecular formula is C11H14O9. The van der Waals surface area contributed by atoms with Crippen molar-refractivity contribution in [1.82, 2.24) is 0 Å². The lowest BCUT2D eigenvalue weighted by Gasteiger charge is -1.95. The number of carbonyl (C=O) groups is 3. The molecule has 112 valence electrons. The zero-order valence-corrected chi connectivity index (χ0v) is 10.1. The number of rotatable bonds is 3. The van der Waals surface area contributed by atoms with Gasteiger partial charge in [0.15, 0.2) is 0 Å². The molecule has 0 aliphatic heterocycles. The molecule has 6 N–H and O–H groups in total. The Balaban J connectivity index is 0. The van der Waals surface area contributed by atoms with Crippen LogP contribution in [-0.4, -0.2) is 61.8 Å². The second-order valence-electron chi connectivity index (χ2n) is 2.93. The smallest absolute Gasteiger partial charge is 0.339 e. The summed E-state index contributed by atoms with van der Waals surface area (Å²) in [6.45, 7) is -1.56. The molecule has 0 aromatic heterocycles. The quantitative estimate of drug-likeness (QED) is 0.417. The Bertz CT molecular complexity index is 427. The summed E-state index contributed by atoms with van der Waals surface area (Å²) in [5.74, 6) is -3.69. The number of aromatic carboxylic acids is 1. The maximum Gasteiger partial charge on any atom is 0.339 e. The van der Waals surface area contributed by atoms with E-state index in [1.165, 1.54) is 12.1 Å². The first-order valence-corrected chi connectivity index (χ1v) is 4.92. The van der Waals surface area contributed by atoms with Crippen molar-refractivity contribution in [3.63, 3.8) is 0 Å². The van der Waals surface area contributed by atoms with E-state index in [0.717, 1.165) is 0 Å². The minimum atomic E-state index is -1.19. The number of aliphatic hydroxyl groups is 2. The van der Waals surface area contributed by atoms with Crippen LogP contribution >= 0.6 is 0 Å². The molecule has 1 aromatic carbocycles. The molecule has 20 heavy (non-hydrogen) atoms. The van der Waals surface area contributed by atoms with Crippen LogP contribution < -0.4 is 0 Å². The number of aromatic hydroxyl groups is 1. The Morgan fingerprint density at radius 2 is 1.20 bits per heavy atom. The summed E-state index contributed by atoms with van der Waals surface area (Å²) in [5.41, 5.74) is -0.0671. The number of aliphatic hydroxyl groups excluding tert-OH is 2. The van der Waals surface area contributed by atoms with Crippen molar-refractivity contribution in [2.75, 3.05) is 13.2 Å². The summed E-state index contributed by atoms with van der Waals surface area (Å²) in [6.07, 6.45) is 0. The largest absolute Gasteiger partial charge is 0.507 e. The minimum absolute atomic E-state index is 0.0671. The van der Waals surface area contributed by atoms with E-state index < -0.39 is 31.1 Å². The lowest BCUT2D eigenvalue weighted by atomic mass is 10.2. The van der Waals surface area contributed by atoms with E-state index in [-0.39, 0.29) is 11.3 Å². The zero-order chi connectivity index (χ0) is 16.1. The van der Waals surface area contributed by atoms with Crippen molar-refractivity contribution >= 4 is 17.9 Å². The van der Waals surface area contributed by atoms with Gasteiger partial charge in [0.05, 0.1) is 0 Å². The first kappa shape index (κ1) is 19.7. The molecular weight excluding hydrogens is 276 g/mol. The van der Waals surface area contributed by atoms with E-state index >= 15 is 0 Å².